The van der Waals surface area contributed by atoms with E-state index in [2.05, 4.69) is 15.6 Å². The molecule has 27 heavy (non-hydrogen) atoms. The molecule has 0 radical (unpaired) electrons. The summed E-state index contributed by atoms with van der Waals surface area (Å²) in [5, 5.41) is 14.4. The van der Waals surface area contributed by atoms with Crippen molar-refractivity contribution in [1.29, 1.82) is 0 Å². The Morgan fingerprint density at radius 3 is 2.07 bits per heavy atom. The highest BCUT2D eigenvalue weighted by Gasteiger charge is 2.29. The number of hydrogen-bond acceptors (Lipinski definition) is 5. The van der Waals surface area contributed by atoms with Crippen molar-refractivity contribution >= 4 is 23.7 Å². The average Bonchev–Trinajstić information content (AvgIpc) is 2.54. The van der Waals surface area contributed by atoms with Crippen LogP contribution in [0.3, 0.4) is 0 Å². The van der Waals surface area contributed by atoms with Crippen molar-refractivity contribution in [3.8, 4) is 0 Å². The minimum absolute atomic E-state index is 0.0279. The molecule has 2 amide bonds. The van der Waals surface area contributed by atoms with Gasteiger partial charge in [-0.05, 0) is 31.1 Å². The van der Waals surface area contributed by atoms with Crippen molar-refractivity contribution < 1.29 is 19.5 Å². The van der Waals surface area contributed by atoms with Gasteiger partial charge < -0.3 is 32.9 Å². The van der Waals surface area contributed by atoms with Crippen LogP contribution in [0.2, 0.25) is 0 Å². The molecule has 0 unspecified atom stereocenters. The second-order valence-electron chi connectivity index (χ2n) is 7.31. The molecular formula is C17H34N6O4. The number of hydrogen-bond donors (Lipinski definition) is 6. The second-order valence-corrected chi connectivity index (χ2v) is 7.31. The van der Waals surface area contributed by atoms with E-state index in [1.165, 1.54) is 0 Å². The molecule has 0 fully saturated rings. The van der Waals surface area contributed by atoms with Gasteiger partial charge in [-0.2, -0.15) is 0 Å². The number of carbonyl (C=O) groups is 3. The number of amides is 2. The van der Waals surface area contributed by atoms with E-state index in [0.717, 1.165) is 0 Å². The molecule has 9 N–H and O–H groups in total. The third-order valence-electron chi connectivity index (χ3n) is 3.87. The zero-order valence-corrected chi connectivity index (χ0v) is 16.6. The number of carboxylic acid groups (broad SMARTS) is 1. The molecule has 0 saturated carbocycles. The SMILES string of the molecule is CC(C)C[C@H](NC(=O)[C@@H](N)CCCN=C(N)N)C(=O)N[C@H](C(=O)O)C(C)C. The van der Waals surface area contributed by atoms with Gasteiger partial charge in [-0.15, -0.1) is 0 Å². The summed E-state index contributed by atoms with van der Waals surface area (Å²) >= 11 is 0. The number of nitrogens with zero attached hydrogens (tertiary/aromatic N) is 1. The lowest BCUT2D eigenvalue weighted by Gasteiger charge is -2.25. The topological polar surface area (TPSA) is 186 Å². The van der Waals surface area contributed by atoms with E-state index < -0.39 is 35.9 Å². The number of aliphatic carboxylic acids is 1. The summed E-state index contributed by atoms with van der Waals surface area (Å²) in [5.41, 5.74) is 16.3. The van der Waals surface area contributed by atoms with Crippen LogP contribution in [0.4, 0.5) is 0 Å². The van der Waals surface area contributed by atoms with E-state index in [-0.39, 0.29) is 17.8 Å². The summed E-state index contributed by atoms with van der Waals surface area (Å²) in [6, 6.07) is -2.71. The molecule has 0 heterocycles. The summed E-state index contributed by atoms with van der Waals surface area (Å²) in [6.45, 7) is 7.55. The highest BCUT2D eigenvalue weighted by Crippen LogP contribution is 2.08. The standard InChI is InChI=1S/C17H34N6O4/c1-9(2)8-12(15(25)23-13(10(3)4)16(26)27)22-14(24)11(18)6-5-7-21-17(19)20/h9-13H,5-8,18H2,1-4H3,(H,22,24)(H,23,25)(H,26,27)(H4,19,20,21)/t11-,12-,13-/m0/s1. The van der Waals surface area contributed by atoms with E-state index in [1.54, 1.807) is 13.8 Å². The van der Waals surface area contributed by atoms with Crippen LogP contribution in [0.15, 0.2) is 4.99 Å². The van der Waals surface area contributed by atoms with Crippen LogP contribution in [0.25, 0.3) is 0 Å². The highest BCUT2D eigenvalue weighted by molar-refractivity contribution is 5.91. The fourth-order valence-electron chi connectivity index (χ4n) is 2.40. The fraction of sp³-hybridized carbons (Fsp3) is 0.765. The molecule has 0 aliphatic rings. The Morgan fingerprint density at radius 1 is 1.04 bits per heavy atom. The van der Waals surface area contributed by atoms with Gasteiger partial charge in [0.1, 0.15) is 12.1 Å². The zero-order valence-electron chi connectivity index (χ0n) is 16.6. The molecule has 0 aromatic rings. The van der Waals surface area contributed by atoms with E-state index in [1.807, 2.05) is 13.8 Å². The first-order valence-corrected chi connectivity index (χ1v) is 9.10. The maximum atomic E-state index is 12.5. The van der Waals surface area contributed by atoms with Crippen LogP contribution >= 0.6 is 0 Å². The number of guanidine groups is 1. The number of nitrogens with two attached hydrogens (primary N) is 3. The van der Waals surface area contributed by atoms with Gasteiger partial charge in [0.05, 0.1) is 6.04 Å². The van der Waals surface area contributed by atoms with Crippen molar-refractivity contribution in [3.05, 3.63) is 0 Å². The highest BCUT2D eigenvalue weighted by atomic mass is 16.4. The minimum atomic E-state index is -1.12. The number of aliphatic imine (C=N–C) groups is 1. The van der Waals surface area contributed by atoms with Crippen molar-refractivity contribution in [2.75, 3.05) is 6.54 Å². The number of rotatable bonds is 12. The molecule has 156 valence electrons. The zero-order chi connectivity index (χ0) is 21.1. The molecule has 10 nitrogen and oxygen atoms in total. The quantitative estimate of drug-likeness (QED) is 0.143. The smallest absolute Gasteiger partial charge is 0.326 e. The van der Waals surface area contributed by atoms with Crippen LogP contribution in [0.1, 0.15) is 47.0 Å². The molecule has 3 atom stereocenters. The summed E-state index contributed by atoms with van der Waals surface area (Å²) in [5.74, 6) is -2.34. The largest absolute Gasteiger partial charge is 0.480 e. The first kappa shape index (κ1) is 24.6. The molecule has 0 rings (SSSR count). The maximum Gasteiger partial charge on any atom is 0.326 e. The Morgan fingerprint density at radius 2 is 1.63 bits per heavy atom. The van der Waals surface area contributed by atoms with Crippen LogP contribution < -0.4 is 27.8 Å². The van der Waals surface area contributed by atoms with E-state index in [4.69, 9.17) is 17.2 Å². The molecule has 0 saturated heterocycles. The van der Waals surface area contributed by atoms with Crippen LogP contribution in [0, 0.1) is 11.8 Å². The van der Waals surface area contributed by atoms with Crippen LogP contribution in [-0.4, -0.2) is 53.5 Å². The van der Waals surface area contributed by atoms with Gasteiger partial charge >= 0.3 is 5.97 Å². The van der Waals surface area contributed by atoms with Gasteiger partial charge in [0, 0.05) is 6.54 Å². The van der Waals surface area contributed by atoms with Gasteiger partial charge in [-0.25, -0.2) is 4.79 Å². The van der Waals surface area contributed by atoms with Crippen molar-refractivity contribution in [1.82, 2.24) is 10.6 Å². The Bertz CT molecular complexity index is 532. The second kappa shape index (κ2) is 12.1. The number of carboxylic acids is 1. The van der Waals surface area contributed by atoms with E-state index in [0.29, 0.717) is 25.8 Å². The van der Waals surface area contributed by atoms with Crippen LogP contribution in [0.5, 0.6) is 0 Å². The van der Waals surface area contributed by atoms with Crippen LogP contribution in [-0.2, 0) is 14.4 Å². The lowest BCUT2D eigenvalue weighted by atomic mass is 10.00. The number of nitrogens with one attached hydrogen (secondary N) is 2. The molecule has 0 spiro atoms. The van der Waals surface area contributed by atoms with Gasteiger partial charge in [0.2, 0.25) is 11.8 Å². The Labute approximate surface area is 160 Å². The summed E-state index contributed by atoms with van der Waals surface area (Å²) < 4.78 is 0. The lowest BCUT2D eigenvalue weighted by Crippen LogP contribution is -2.55. The molecule has 0 aromatic heterocycles. The van der Waals surface area contributed by atoms with Gasteiger partial charge in [-0.3, -0.25) is 14.6 Å². The summed E-state index contributed by atoms with van der Waals surface area (Å²) in [7, 11) is 0. The fourth-order valence-corrected chi connectivity index (χ4v) is 2.40. The predicted octanol–water partition coefficient (Wildman–Crippen LogP) is -0.876. The average molecular weight is 386 g/mol. The third kappa shape index (κ3) is 10.4. The van der Waals surface area contributed by atoms with Gasteiger partial charge in [0.25, 0.3) is 0 Å². The summed E-state index contributed by atoms with van der Waals surface area (Å²) in [4.78, 5) is 39.9. The van der Waals surface area contributed by atoms with E-state index in [9.17, 15) is 19.5 Å². The molecule has 0 bridgehead atoms. The summed E-state index contributed by atoms with van der Waals surface area (Å²) in [6.07, 6.45) is 1.23. The van der Waals surface area contributed by atoms with Crippen molar-refractivity contribution in [3.63, 3.8) is 0 Å². The monoisotopic (exact) mass is 386 g/mol. The van der Waals surface area contributed by atoms with Crippen molar-refractivity contribution in [2.45, 2.75) is 65.1 Å². The maximum absolute atomic E-state index is 12.5. The third-order valence-corrected chi connectivity index (χ3v) is 3.87. The normalized spacial score (nSPS) is 14.3. The minimum Gasteiger partial charge on any atom is -0.480 e. The molecule has 10 heteroatoms. The molecule has 0 aromatic carbocycles. The lowest BCUT2D eigenvalue weighted by molar-refractivity contribution is -0.143. The van der Waals surface area contributed by atoms with Gasteiger partial charge in [-0.1, -0.05) is 27.7 Å². The first-order chi connectivity index (χ1) is 12.5. The Kier molecular flexibility index (Phi) is 11.0. The molecule has 0 aliphatic heterocycles. The Balaban J connectivity index is 4.88. The predicted molar refractivity (Wildman–Crippen MR) is 104 cm³/mol. The molecular weight excluding hydrogens is 352 g/mol. The Hall–Kier alpha value is -2.36. The van der Waals surface area contributed by atoms with E-state index >= 15 is 0 Å². The van der Waals surface area contributed by atoms with Gasteiger partial charge in [0.15, 0.2) is 5.96 Å². The first-order valence-electron chi connectivity index (χ1n) is 9.10. The molecule has 0 aliphatic carbocycles. The number of carbonyl (C=O) groups excluding carboxylic acids is 2. The van der Waals surface area contributed by atoms with Crippen molar-refractivity contribution in [2.24, 2.45) is 34.0 Å².